The Hall–Kier alpha value is -1.09. The molecule has 0 bridgehead atoms. The van der Waals surface area contributed by atoms with E-state index in [2.05, 4.69) is 64.2 Å². The van der Waals surface area contributed by atoms with Gasteiger partial charge in [0.25, 0.3) is 0 Å². The predicted octanol–water partition coefficient (Wildman–Crippen LogP) is 3.37. The average molecular weight is 263 g/mol. The van der Waals surface area contributed by atoms with Crippen LogP contribution in [0.1, 0.15) is 52.8 Å². The monoisotopic (exact) mass is 263 g/mol. The van der Waals surface area contributed by atoms with E-state index in [4.69, 9.17) is 0 Å². The Bertz CT molecular complexity index is 433. The lowest BCUT2D eigenvalue weighted by molar-refractivity contribution is 0.552. The topological polar surface area (TPSA) is 29.9 Å². The molecule has 0 unspecified atom stereocenters. The predicted molar refractivity (Wildman–Crippen MR) is 83.3 cm³/mol. The Morgan fingerprint density at radius 3 is 2.53 bits per heavy atom. The lowest BCUT2D eigenvalue weighted by Gasteiger charge is -2.18. The molecule has 0 atom stereocenters. The van der Waals surface area contributed by atoms with Crippen LogP contribution in [-0.4, -0.2) is 22.9 Å². The normalized spacial score (nSPS) is 13.4. The molecule has 1 heterocycles. The number of nitrogens with one attached hydrogen (secondary N) is 1. The summed E-state index contributed by atoms with van der Waals surface area (Å²) in [6.45, 7) is 15.2. The highest BCUT2D eigenvalue weighted by molar-refractivity contribution is 5.56. The minimum atomic E-state index is 0.0768. The van der Waals surface area contributed by atoms with Gasteiger partial charge in [0.2, 0.25) is 0 Å². The van der Waals surface area contributed by atoms with Crippen LogP contribution in [0.4, 0.5) is 0 Å². The molecular weight excluding hydrogens is 234 g/mol. The van der Waals surface area contributed by atoms with Crippen LogP contribution in [0.15, 0.2) is 11.8 Å². The number of nitrogens with zero attached hydrogens (tertiary/aromatic N) is 2. The standard InChI is InChI=1S/C16H29N3/c1-8-17-10-13(12(2)3)9-14-11-19(7)18-15(14)16(4,5)6/h9,11-12,17H,8,10H2,1-7H3. The molecule has 19 heavy (non-hydrogen) atoms. The summed E-state index contributed by atoms with van der Waals surface area (Å²) in [6, 6.07) is 0. The third-order valence-electron chi connectivity index (χ3n) is 3.23. The first-order valence-corrected chi connectivity index (χ1v) is 7.21. The molecule has 1 N–H and O–H groups in total. The van der Waals surface area contributed by atoms with E-state index in [1.54, 1.807) is 0 Å². The minimum Gasteiger partial charge on any atom is -0.313 e. The summed E-state index contributed by atoms with van der Waals surface area (Å²) in [7, 11) is 1.99. The van der Waals surface area contributed by atoms with Gasteiger partial charge in [-0.3, -0.25) is 4.68 Å². The molecule has 0 aliphatic rings. The summed E-state index contributed by atoms with van der Waals surface area (Å²) in [6.07, 6.45) is 4.43. The smallest absolute Gasteiger partial charge is 0.0750 e. The van der Waals surface area contributed by atoms with Crippen molar-refractivity contribution in [2.45, 2.75) is 47.0 Å². The Morgan fingerprint density at radius 1 is 1.42 bits per heavy atom. The summed E-state index contributed by atoms with van der Waals surface area (Å²) in [5, 5.41) is 8.05. The highest BCUT2D eigenvalue weighted by Gasteiger charge is 2.21. The largest absolute Gasteiger partial charge is 0.313 e. The van der Waals surface area contributed by atoms with E-state index in [1.807, 2.05) is 11.7 Å². The zero-order valence-electron chi connectivity index (χ0n) is 13.5. The van der Waals surface area contributed by atoms with E-state index < -0.39 is 0 Å². The average Bonchev–Trinajstić information content (AvgIpc) is 2.65. The van der Waals surface area contributed by atoms with Gasteiger partial charge >= 0.3 is 0 Å². The van der Waals surface area contributed by atoms with Gasteiger partial charge in [-0.1, -0.05) is 53.2 Å². The second-order valence-electron chi connectivity index (χ2n) is 6.51. The van der Waals surface area contributed by atoms with E-state index in [9.17, 15) is 0 Å². The van der Waals surface area contributed by atoms with Gasteiger partial charge < -0.3 is 5.32 Å². The third kappa shape index (κ3) is 4.50. The molecule has 0 aromatic carbocycles. The van der Waals surface area contributed by atoms with Gasteiger partial charge in [-0.15, -0.1) is 0 Å². The maximum Gasteiger partial charge on any atom is 0.0750 e. The molecule has 3 nitrogen and oxygen atoms in total. The van der Waals surface area contributed by atoms with Crippen LogP contribution in [0, 0.1) is 5.92 Å². The fraction of sp³-hybridized carbons (Fsp3) is 0.688. The number of likely N-dealkylation sites (N-methyl/N-ethyl adjacent to an activating group) is 1. The van der Waals surface area contributed by atoms with Crippen molar-refractivity contribution in [3.63, 3.8) is 0 Å². The second-order valence-corrected chi connectivity index (χ2v) is 6.51. The van der Waals surface area contributed by atoms with Gasteiger partial charge in [0.05, 0.1) is 5.69 Å². The summed E-state index contributed by atoms with van der Waals surface area (Å²) in [4.78, 5) is 0. The fourth-order valence-electron chi connectivity index (χ4n) is 2.09. The van der Waals surface area contributed by atoms with Crippen molar-refractivity contribution in [1.82, 2.24) is 15.1 Å². The van der Waals surface area contributed by atoms with E-state index in [0.717, 1.165) is 13.1 Å². The van der Waals surface area contributed by atoms with Crippen molar-refractivity contribution < 1.29 is 0 Å². The fourth-order valence-corrected chi connectivity index (χ4v) is 2.09. The van der Waals surface area contributed by atoms with Gasteiger partial charge in [-0.25, -0.2) is 0 Å². The Kier molecular flexibility index (Phi) is 5.36. The molecule has 0 amide bonds. The first-order valence-electron chi connectivity index (χ1n) is 7.21. The first-order chi connectivity index (χ1) is 8.75. The van der Waals surface area contributed by atoms with Crippen LogP contribution in [0.2, 0.25) is 0 Å². The van der Waals surface area contributed by atoms with Gasteiger partial charge in [-0.05, 0) is 12.5 Å². The Morgan fingerprint density at radius 2 is 2.05 bits per heavy atom. The van der Waals surface area contributed by atoms with Gasteiger partial charge in [0.15, 0.2) is 0 Å². The van der Waals surface area contributed by atoms with E-state index in [0.29, 0.717) is 5.92 Å². The molecule has 1 rings (SSSR count). The Balaban J connectivity index is 3.13. The molecule has 0 saturated carbocycles. The molecule has 0 saturated heterocycles. The molecule has 0 radical (unpaired) electrons. The molecule has 1 aromatic rings. The van der Waals surface area contributed by atoms with Gasteiger partial charge in [0.1, 0.15) is 0 Å². The van der Waals surface area contributed by atoms with Crippen LogP contribution >= 0.6 is 0 Å². The van der Waals surface area contributed by atoms with Crippen molar-refractivity contribution in [2.24, 2.45) is 13.0 Å². The van der Waals surface area contributed by atoms with Crippen molar-refractivity contribution in [1.29, 1.82) is 0 Å². The van der Waals surface area contributed by atoms with Crippen LogP contribution in [-0.2, 0) is 12.5 Å². The van der Waals surface area contributed by atoms with Crippen LogP contribution < -0.4 is 5.32 Å². The van der Waals surface area contributed by atoms with E-state index >= 15 is 0 Å². The number of hydrogen-bond acceptors (Lipinski definition) is 2. The quantitative estimate of drug-likeness (QED) is 0.882. The van der Waals surface area contributed by atoms with Gasteiger partial charge in [-0.2, -0.15) is 5.10 Å². The second kappa shape index (κ2) is 6.38. The zero-order valence-corrected chi connectivity index (χ0v) is 13.5. The molecule has 0 aliphatic carbocycles. The Labute approximate surface area is 118 Å². The van der Waals surface area contributed by atoms with Crippen LogP contribution in [0.3, 0.4) is 0 Å². The zero-order chi connectivity index (χ0) is 14.6. The summed E-state index contributed by atoms with van der Waals surface area (Å²) in [5.41, 5.74) is 3.93. The molecule has 3 heteroatoms. The van der Waals surface area contributed by atoms with Crippen molar-refractivity contribution in [2.75, 3.05) is 13.1 Å². The third-order valence-corrected chi connectivity index (χ3v) is 3.23. The summed E-state index contributed by atoms with van der Waals surface area (Å²) in [5.74, 6) is 0.548. The number of hydrogen-bond donors (Lipinski definition) is 1. The molecule has 1 aromatic heterocycles. The maximum absolute atomic E-state index is 4.63. The maximum atomic E-state index is 4.63. The molecule has 108 valence electrons. The highest BCUT2D eigenvalue weighted by atomic mass is 15.3. The van der Waals surface area contributed by atoms with Crippen molar-refractivity contribution >= 4 is 6.08 Å². The van der Waals surface area contributed by atoms with E-state index in [-0.39, 0.29) is 5.41 Å². The summed E-state index contributed by atoms with van der Waals surface area (Å²) < 4.78 is 1.91. The molecule has 0 aliphatic heterocycles. The number of aryl methyl sites for hydroxylation is 1. The molecule has 0 fully saturated rings. The van der Waals surface area contributed by atoms with Gasteiger partial charge in [0, 0.05) is 30.8 Å². The SMILES string of the molecule is CCNCC(=Cc1cn(C)nc1C(C)(C)C)C(C)C. The molecular formula is C16H29N3. The van der Waals surface area contributed by atoms with E-state index in [1.165, 1.54) is 16.8 Å². The minimum absolute atomic E-state index is 0.0768. The number of aromatic nitrogens is 2. The lowest BCUT2D eigenvalue weighted by Crippen LogP contribution is -2.19. The number of rotatable bonds is 5. The van der Waals surface area contributed by atoms with Crippen molar-refractivity contribution in [3.8, 4) is 0 Å². The van der Waals surface area contributed by atoms with Crippen LogP contribution in [0.5, 0.6) is 0 Å². The summed E-state index contributed by atoms with van der Waals surface area (Å²) >= 11 is 0. The van der Waals surface area contributed by atoms with Crippen molar-refractivity contribution in [3.05, 3.63) is 23.0 Å². The highest BCUT2D eigenvalue weighted by Crippen LogP contribution is 2.26. The molecule has 0 spiro atoms. The van der Waals surface area contributed by atoms with Crippen LogP contribution in [0.25, 0.3) is 6.08 Å². The first kappa shape index (κ1) is 16.0. The lowest BCUT2D eigenvalue weighted by atomic mass is 9.88.